The van der Waals surface area contributed by atoms with Gasteiger partial charge in [-0.3, -0.25) is 9.67 Å². The fourth-order valence-corrected chi connectivity index (χ4v) is 2.22. The third-order valence-corrected chi connectivity index (χ3v) is 3.28. The molecule has 0 radical (unpaired) electrons. The van der Waals surface area contributed by atoms with Gasteiger partial charge in [0.15, 0.2) is 0 Å². The van der Waals surface area contributed by atoms with Crippen LogP contribution in [0.2, 0.25) is 0 Å². The van der Waals surface area contributed by atoms with Gasteiger partial charge in [0.1, 0.15) is 10.1 Å². The minimum atomic E-state index is 0.737. The fraction of sp³-hybridized carbons (Fsp3) is 0.300. The first-order valence-electron chi connectivity index (χ1n) is 4.97. The third kappa shape index (κ3) is 2.01. The second-order valence-electron chi connectivity index (χ2n) is 3.29. The number of hydrogen-bond acceptors (Lipinski definition) is 5. The summed E-state index contributed by atoms with van der Waals surface area (Å²) in [4.78, 5) is 8.21. The number of nitrogen functional groups attached to an aromatic ring is 1. The summed E-state index contributed by atoms with van der Waals surface area (Å²) in [5.41, 5.74) is 7.67. The summed E-state index contributed by atoms with van der Waals surface area (Å²) < 4.78 is 1.79. The summed E-state index contributed by atoms with van der Waals surface area (Å²) in [5, 5.41) is 6.08. The van der Waals surface area contributed by atoms with Gasteiger partial charge in [-0.15, -0.1) is 0 Å². The molecule has 2 N–H and O–H groups in total. The summed E-state index contributed by atoms with van der Waals surface area (Å²) in [6.07, 6.45) is 5.85. The van der Waals surface area contributed by atoms with Crippen molar-refractivity contribution in [3.8, 4) is 0 Å². The predicted molar refractivity (Wildman–Crippen MR) is 63.2 cm³/mol. The van der Waals surface area contributed by atoms with Crippen molar-refractivity contribution in [2.24, 2.45) is 7.05 Å². The topological polar surface area (TPSA) is 69.6 Å². The monoisotopic (exact) mass is 235 g/mol. The first-order valence-corrected chi connectivity index (χ1v) is 5.79. The summed E-state index contributed by atoms with van der Waals surface area (Å²) >= 11 is 1.48. The SMILES string of the molecule is CCc1nn(C)c(Sc2cnccn2)c1N. The molecule has 0 bridgehead atoms. The van der Waals surface area contributed by atoms with E-state index in [9.17, 15) is 0 Å². The Labute approximate surface area is 98.1 Å². The van der Waals surface area contributed by atoms with Crippen molar-refractivity contribution < 1.29 is 0 Å². The molecular weight excluding hydrogens is 222 g/mol. The third-order valence-electron chi connectivity index (χ3n) is 2.18. The van der Waals surface area contributed by atoms with E-state index in [2.05, 4.69) is 15.1 Å². The van der Waals surface area contributed by atoms with E-state index in [0.29, 0.717) is 0 Å². The lowest BCUT2D eigenvalue weighted by molar-refractivity contribution is 0.687. The molecule has 2 aromatic rings. The second-order valence-corrected chi connectivity index (χ2v) is 4.30. The van der Waals surface area contributed by atoms with Gasteiger partial charge in [0.05, 0.1) is 17.6 Å². The number of aryl methyl sites for hydroxylation is 2. The Morgan fingerprint density at radius 1 is 1.44 bits per heavy atom. The van der Waals surface area contributed by atoms with Gasteiger partial charge in [-0.25, -0.2) is 4.98 Å². The maximum Gasteiger partial charge on any atom is 0.123 e. The number of aromatic nitrogens is 4. The van der Waals surface area contributed by atoms with Gasteiger partial charge in [-0.05, 0) is 18.2 Å². The lowest BCUT2D eigenvalue weighted by atomic mass is 10.3. The fourth-order valence-electron chi connectivity index (χ4n) is 1.40. The lowest BCUT2D eigenvalue weighted by Crippen LogP contribution is -1.94. The normalized spacial score (nSPS) is 10.6. The van der Waals surface area contributed by atoms with Crippen molar-refractivity contribution in [3.63, 3.8) is 0 Å². The van der Waals surface area contributed by atoms with E-state index in [1.807, 2.05) is 14.0 Å². The molecule has 2 heterocycles. The first-order chi connectivity index (χ1) is 7.72. The molecular formula is C10H13N5S. The molecule has 0 unspecified atom stereocenters. The van der Waals surface area contributed by atoms with Crippen molar-refractivity contribution in [1.82, 2.24) is 19.7 Å². The van der Waals surface area contributed by atoms with E-state index in [-0.39, 0.29) is 0 Å². The van der Waals surface area contributed by atoms with Crippen LogP contribution in [-0.2, 0) is 13.5 Å². The standard InChI is InChI=1S/C10H13N5S/c1-3-7-9(11)10(15(2)14-7)16-8-6-12-4-5-13-8/h4-6H,3,11H2,1-2H3. The molecule has 0 saturated heterocycles. The van der Waals surface area contributed by atoms with Crippen molar-refractivity contribution in [3.05, 3.63) is 24.3 Å². The predicted octanol–water partition coefficient (Wildman–Crippen LogP) is 1.51. The molecule has 5 nitrogen and oxygen atoms in total. The number of anilines is 1. The van der Waals surface area contributed by atoms with E-state index < -0.39 is 0 Å². The molecule has 0 aliphatic heterocycles. The average Bonchev–Trinajstić information content (AvgIpc) is 2.58. The highest BCUT2D eigenvalue weighted by atomic mass is 32.2. The highest BCUT2D eigenvalue weighted by Gasteiger charge is 2.13. The Kier molecular flexibility index (Phi) is 3.09. The van der Waals surface area contributed by atoms with Crippen LogP contribution in [0.1, 0.15) is 12.6 Å². The van der Waals surface area contributed by atoms with Crippen LogP contribution in [0.4, 0.5) is 5.69 Å². The number of hydrogen-bond donors (Lipinski definition) is 1. The number of rotatable bonds is 3. The van der Waals surface area contributed by atoms with E-state index in [4.69, 9.17) is 5.73 Å². The molecule has 2 aromatic heterocycles. The van der Waals surface area contributed by atoms with Gasteiger partial charge in [0.2, 0.25) is 0 Å². The Hall–Kier alpha value is -1.56. The largest absolute Gasteiger partial charge is 0.395 e. The van der Waals surface area contributed by atoms with Crippen LogP contribution in [0.25, 0.3) is 0 Å². The molecule has 16 heavy (non-hydrogen) atoms. The average molecular weight is 235 g/mol. The van der Waals surface area contributed by atoms with Gasteiger partial charge in [0, 0.05) is 19.4 Å². The molecule has 6 heteroatoms. The maximum atomic E-state index is 6.01. The highest BCUT2D eigenvalue weighted by molar-refractivity contribution is 7.99. The van der Waals surface area contributed by atoms with E-state index in [1.54, 1.807) is 23.3 Å². The molecule has 0 saturated carbocycles. The summed E-state index contributed by atoms with van der Waals surface area (Å²) in [5.74, 6) is 0. The molecule has 2 rings (SSSR count). The summed E-state index contributed by atoms with van der Waals surface area (Å²) in [6, 6.07) is 0. The van der Waals surface area contributed by atoms with Gasteiger partial charge in [-0.2, -0.15) is 5.10 Å². The smallest absolute Gasteiger partial charge is 0.123 e. The van der Waals surface area contributed by atoms with Crippen molar-refractivity contribution in [2.75, 3.05) is 5.73 Å². The maximum absolute atomic E-state index is 6.01. The molecule has 0 spiro atoms. The van der Waals surface area contributed by atoms with E-state index >= 15 is 0 Å². The van der Waals surface area contributed by atoms with Crippen LogP contribution in [0, 0.1) is 0 Å². The van der Waals surface area contributed by atoms with E-state index in [0.717, 1.165) is 27.9 Å². The summed E-state index contributed by atoms with van der Waals surface area (Å²) in [7, 11) is 1.88. The van der Waals surface area contributed by atoms with Gasteiger partial charge >= 0.3 is 0 Å². The second kappa shape index (κ2) is 4.52. The molecule has 0 aromatic carbocycles. The number of nitrogens with two attached hydrogens (primary N) is 1. The van der Waals surface area contributed by atoms with Crippen molar-refractivity contribution in [1.29, 1.82) is 0 Å². The molecule has 0 amide bonds. The zero-order chi connectivity index (χ0) is 11.5. The van der Waals surface area contributed by atoms with Crippen molar-refractivity contribution >= 4 is 17.4 Å². The Bertz CT molecular complexity index is 479. The Balaban J connectivity index is 2.31. The van der Waals surface area contributed by atoms with E-state index in [1.165, 1.54) is 11.8 Å². The van der Waals surface area contributed by atoms with Crippen LogP contribution in [0.5, 0.6) is 0 Å². The molecule has 0 atom stereocenters. The molecule has 0 aliphatic rings. The molecule has 0 aliphatic carbocycles. The van der Waals surface area contributed by atoms with Crippen LogP contribution in [-0.4, -0.2) is 19.7 Å². The number of nitrogens with zero attached hydrogens (tertiary/aromatic N) is 4. The van der Waals surface area contributed by atoms with Gasteiger partial charge < -0.3 is 5.73 Å². The minimum Gasteiger partial charge on any atom is -0.395 e. The van der Waals surface area contributed by atoms with Gasteiger partial charge in [-0.1, -0.05) is 6.92 Å². The Morgan fingerprint density at radius 3 is 2.81 bits per heavy atom. The quantitative estimate of drug-likeness (QED) is 0.873. The minimum absolute atomic E-state index is 0.737. The van der Waals surface area contributed by atoms with Crippen LogP contribution < -0.4 is 5.73 Å². The Morgan fingerprint density at radius 2 is 2.25 bits per heavy atom. The van der Waals surface area contributed by atoms with Gasteiger partial charge in [0.25, 0.3) is 0 Å². The van der Waals surface area contributed by atoms with Crippen LogP contribution in [0.15, 0.2) is 28.6 Å². The van der Waals surface area contributed by atoms with Crippen LogP contribution >= 0.6 is 11.8 Å². The summed E-state index contributed by atoms with van der Waals surface area (Å²) in [6.45, 7) is 2.04. The zero-order valence-corrected chi connectivity index (χ0v) is 10.0. The first kappa shape index (κ1) is 10.9. The zero-order valence-electron chi connectivity index (χ0n) is 9.21. The molecule has 84 valence electrons. The highest BCUT2D eigenvalue weighted by Crippen LogP contribution is 2.31. The van der Waals surface area contributed by atoms with Crippen molar-refractivity contribution in [2.45, 2.75) is 23.4 Å². The lowest BCUT2D eigenvalue weighted by Gasteiger charge is -2.01. The molecule has 0 fully saturated rings. The van der Waals surface area contributed by atoms with Crippen LogP contribution in [0.3, 0.4) is 0 Å².